The van der Waals surface area contributed by atoms with Crippen molar-refractivity contribution in [3.63, 3.8) is 0 Å². The molecule has 2 aromatic rings. The van der Waals surface area contributed by atoms with Crippen molar-refractivity contribution in [3.8, 4) is 0 Å². The van der Waals surface area contributed by atoms with Gasteiger partial charge in [0, 0.05) is 29.7 Å². The van der Waals surface area contributed by atoms with E-state index in [4.69, 9.17) is 0 Å². The Bertz CT molecular complexity index is 458. The highest BCUT2D eigenvalue weighted by Gasteiger charge is 2.07. The Labute approximate surface area is 90.3 Å². The number of hydrogen-bond acceptors (Lipinski definition) is 1. The van der Waals surface area contributed by atoms with Gasteiger partial charge in [-0.25, -0.2) is 0 Å². The van der Waals surface area contributed by atoms with Crippen molar-refractivity contribution in [2.45, 2.75) is 27.3 Å². The molecule has 0 saturated heterocycles. The molecule has 3 heteroatoms. The van der Waals surface area contributed by atoms with Crippen LogP contribution in [-0.4, -0.2) is 14.3 Å². The zero-order valence-corrected chi connectivity index (χ0v) is 9.78. The summed E-state index contributed by atoms with van der Waals surface area (Å²) in [5, 5.41) is 4.26. The maximum Gasteiger partial charge on any atom is 0.0542 e. The summed E-state index contributed by atoms with van der Waals surface area (Å²) in [6, 6.07) is 4.31. The first-order valence-electron chi connectivity index (χ1n) is 5.20. The van der Waals surface area contributed by atoms with Gasteiger partial charge < -0.3 is 4.57 Å². The van der Waals surface area contributed by atoms with Crippen LogP contribution in [0.4, 0.5) is 0 Å². The predicted octanol–water partition coefficient (Wildman–Crippen LogP) is 2.20. The van der Waals surface area contributed by atoms with Crippen molar-refractivity contribution in [1.29, 1.82) is 0 Å². The van der Waals surface area contributed by atoms with Crippen LogP contribution < -0.4 is 0 Å². The molecule has 0 saturated carbocycles. The molecule has 0 aliphatic heterocycles. The van der Waals surface area contributed by atoms with Gasteiger partial charge in [0.1, 0.15) is 0 Å². The van der Waals surface area contributed by atoms with Gasteiger partial charge in [0.25, 0.3) is 0 Å². The van der Waals surface area contributed by atoms with Gasteiger partial charge in [0.05, 0.1) is 12.7 Å². The summed E-state index contributed by atoms with van der Waals surface area (Å²) in [5.74, 6) is 0. The number of hydrogen-bond donors (Lipinski definition) is 0. The Kier molecular flexibility index (Phi) is 2.39. The summed E-state index contributed by atoms with van der Waals surface area (Å²) >= 11 is 0. The Balaban J connectivity index is 2.33. The van der Waals surface area contributed by atoms with Gasteiger partial charge in [-0.15, -0.1) is 0 Å². The highest BCUT2D eigenvalue weighted by Crippen LogP contribution is 2.13. The largest absolute Gasteiger partial charge is 0.345 e. The highest BCUT2D eigenvalue weighted by molar-refractivity contribution is 5.21. The van der Waals surface area contributed by atoms with E-state index in [1.54, 1.807) is 0 Å². The summed E-state index contributed by atoms with van der Waals surface area (Å²) in [7, 11) is 1.98. The second-order valence-corrected chi connectivity index (χ2v) is 4.08. The van der Waals surface area contributed by atoms with Crippen LogP contribution in [0.25, 0.3) is 0 Å². The van der Waals surface area contributed by atoms with E-state index in [-0.39, 0.29) is 0 Å². The summed E-state index contributed by atoms with van der Waals surface area (Å²) in [4.78, 5) is 0. The summed E-state index contributed by atoms with van der Waals surface area (Å²) in [6.07, 6.45) is 1.95. The minimum absolute atomic E-state index is 0.921. The maximum atomic E-state index is 4.26. The number of rotatable bonds is 2. The lowest BCUT2D eigenvalue weighted by Crippen LogP contribution is -2.04. The third-order valence-electron chi connectivity index (χ3n) is 3.08. The highest BCUT2D eigenvalue weighted by atomic mass is 15.3. The minimum atomic E-state index is 0.921. The Hall–Kier alpha value is -1.51. The van der Waals surface area contributed by atoms with Crippen LogP contribution >= 0.6 is 0 Å². The van der Waals surface area contributed by atoms with Crippen LogP contribution in [0.3, 0.4) is 0 Å². The number of aromatic nitrogens is 3. The average molecular weight is 203 g/mol. The van der Waals surface area contributed by atoms with Crippen molar-refractivity contribution in [2.24, 2.45) is 7.05 Å². The Morgan fingerprint density at radius 2 is 1.73 bits per heavy atom. The van der Waals surface area contributed by atoms with Gasteiger partial charge in [0.15, 0.2) is 0 Å². The first-order valence-corrected chi connectivity index (χ1v) is 5.20. The topological polar surface area (TPSA) is 22.8 Å². The molecule has 0 spiro atoms. The zero-order valence-electron chi connectivity index (χ0n) is 9.78. The summed E-state index contributed by atoms with van der Waals surface area (Å²) in [6.45, 7) is 7.30. The monoisotopic (exact) mass is 203 g/mol. The molecule has 2 rings (SSSR count). The van der Waals surface area contributed by atoms with E-state index >= 15 is 0 Å². The predicted molar refractivity (Wildman–Crippen MR) is 61.0 cm³/mol. The molecular weight excluding hydrogens is 186 g/mol. The van der Waals surface area contributed by atoms with E-state index in [2.05, 4.69) is 42.6 Å². The second kappa shape index (κ2) is 3.57. The summed E-state index contributed by atoms with van der Waals surface area (Å²) < 4.78 is 4.23. The van der Waals surface area contributed by atoms with Crippen molar-refractivity contribution >= 4 is 0 Å². The van der Waals surface area contributed by atoms with Crippen LogP contribution in [0.2, 0.25) is 0 Å². The Morgan fingerprint density at radius 1 is 1.13 bits per heavy atom. The molecule has 2 aromatic heterocycles. The van der Waals surface area contributed by atoms with Crippen molar-refractivity contribution in [2.75, 3.05) is 0 Å². The molecule has 0 aliphatic rings. The summed E-state index contributed by atoms with van der Waals surface area (Å²) in [5.41, 5.74) is 5.13. The van der Waals surface area contributed by atoms with Gasteiger partial charge in [-0.05, 0) is 32.9 Å². The first kappa shape index (κ1) is 10.0. The van der Waals surface area contributed by atoms with E-state index < -0.39 is 0 Å². The molecule has 80 valence electrons. The first-order chi connectivity index (χ1) is 7.09. The lowest BCUT2D eigenvalue weighted by Gasteiger charge is -2.08. The van der Waals surface area contributed by atoms with Gasteiger partial charge >= 0.3 is 0 Å². The number of aryl methyl sites for hydroxylation is 3. The molecular formula is C12H17N3. The van der Waals surface area contributed by atoms with Crippen molar-refractivity contribution in [1.82, 2.24) is 14.3 Å². The quantitative estimate of drug-likeness (QED) is 0.733. The smallest absolute Gasteiger partial charge is 0.0542 e. The van der Waals surface area contributed by atoms with Crippen LogP contribution in [0.5, 0.6) is 0 Å². The molecule has 15 heavy (non-hydrogen) atoms. The van der Waals surface area contributed by atoms with Gasteiger partial charge in [-0.3, -0.25) is 4.68 Å². The van der Waals surface area contributed by atoms with Crippen LogP contribution in [-0.2, 0) is 13.6 Å². The molecule has 0 atom stereocenters. The van der Waals surface area contributed by atoms with E-state index in [0.717, 1.165) is 6.54 Å². The number of nitrogens with zero attached hydrogens (tertiary/aromatic N) is 3. The van der Waals surface area contributed by atoms with Gasteiger partial charge in [-0.2, -0.15) is 5.10 Å². The molecule has 0 aromatic carbocycles. The van der Waals surface area contributed by atoms with Crippen LogP contribution in [0, 0.1) is 20.8 Å². The fraction of sp³-hybridized carbons (Fsp3) is 0.417. The van der Waals surface area contributed by atoms with E-state index in [1.807, 2.05) is 17.9 Å². The normalized spacial score (nSPS) is 10.9. The van der Waals surface area contributed by atoms with Gasteiger partial charge in [-0.1, -0.05) is 0 Å². The van der Waals surface area contributed by atoms with Crippen LogP contribution in [0.15, 0.2) is 18.3 Å². The molecule has 0 aliphatic carbocycles. The zero-order chi connectivity index (χ0) is 11.0. The molecule has 0 bridgehead atoms. The van der Waals surface area contributed by atoms with E-state index in [9.17, 15) is 0 Å². The standard InChI is InChI=1S/C12H17N3/c1-9-5-6-10(2)15(9)8-12-7-13-14(4)11(12)3/h5-7H,8H2,1-4H3. The Morgan fingerprint density at radius 3 is 2.20 bits per heavy atom. The van der Waals surface area contributed by atoms with Gasteiger partial charge in [0.2, 0.25) is 0 Å². The molecule has 0 unspecified atom stereocenters. The lowest BCUT2D eigenvalue weighted by molar-refractivity contribution is 0.721. The lowest BCUT2D eigenvalue weighted by atomic mass is 10.2. The van der Waals surface area contributed by atoms with Crippen molar-refractivity contribution in [3.05, 3.63) is 41.0 Å². The molecule has 0 amide bonds. The minimum Gasteiger partial charge on any atom is -0.345 e. The average Bonchev–Trinajstić information content (AvgIpc) is 2.68. The molecule has 3 nitrogen and oxygen atoms in total. The molecule has 2 heterocycles. The molecule has 0 radical (unpaired) electrons. The van der Waals surface area contributed by atoms with Crippen molar-refractivity contribution < 1.29 is 0 Å². The third-order valence-corrected chi connectivity index (χ3v) is 3.08. The fourth-order valence-corrected chi connectivity index (χ4v) is 1.82. The van der Waals surface area contributed by atoms with E-state index in [0.29, 0.717) is 0 Å². The van der Waals surface area contributed by atoms with E-state index in [1.165, 1.54) is 22.6 Å². The SMILES string of the molecule is Cc1c(Cn2c(C)ccc2C)cnn1C. The maximum absolute atomic E-state index is 4.26. The second-order valence-electron chi connectivity index (χ2n) is 4.08. The fourth-order valence-electron chi connectivity index (χ4n) is 1.82. The molecule has 0 fully saturated rings. The van der Waals surface area contributed by atoms with Crippen LogP contribution in [0.1, 0.15) is 22.6 Å². The third kappa shape index (κ3) is 1.69. The molecule has 0 N–H and O–H groups in total.